The number of anilines is 1. The molecule has 0 fully saturated rings. The number of nitrogens with one attached hydrogen (secondary N) is 1. The van der Waals surface area contributed by atoms with Crippen molar-refractivity contribution in [3.8, 4) is 28.5 Å². The Morgan fingerprint density at radius 2 is 1.76 bits per heavy atom. The van der Waals surface area contributed by atoms with Crippen molar-refractivity contribution in [3.63, 3.8) is 0 Å². The smallest absolute Gasteiger partial charge is 0.183 e. The van der Waals surface area contributed by atoms with Crippen LogP contribution in [0.3, 0.4) is 0 Å². The lowest BCUT2D eigenvalue weighted by Crippen LogP contribution is -1.99. The topological polar surface area (TPSA) is 52.6 Å². The Morgan fingerprint density at radius 3 is 2.52 bits per heavy atom. The average Bonchev–Trinajstić information content (AvgIpc) is 3.15. The Hall–Kier alpha value is -2.73. The highest BCUT2D eigenvalue weighted by atomic mass is 32.1. The minimum absolute atomic E-state index is 0.680. The molecule has 6 heteroatoms. The lowest BCUT2D eigenvalue weighted by Gasteiger charge is -2.08. The summed E-state index contributed by atoms with van der Waals surface area (Å²) in [5, 5.41) is 6.20. The van der Waals surface area contributed by atoms with Crippen molar-refractivity contribution in [1.29, 1.82) is 0 Å². The number of ether oxygens (including phenoxy) is 3. The second-order valence-corrected chi connectivity index (χ2v) is 6.17. The molecule has 2 aromatic carbocycles. The SMILES string of the molecule is COc1cccc(CNc2nc(-c3cc(OC)ccc3OC)cs2)c1. The summed E-state index contributed by atoms with van der Waals surface area (Å²) in [6.45, 7) is 0.680. The third-order valence-corrected chi connectivity index (χ3v) is 4.56. The van der Waals surface area contributed by atoms with Gasteiger partial charge in [-0.15, -0.1) is 11.3 Å². The van der Waals surface area contributed by atoms with E-state index in [9.17, 15) is 0 Å². The molecule has 0 unspecified atom stereocenters. The maximum absolute atomic E-state index is 5.44. The molecule has 0 amide bonds. The monoisotopic (exact) mass is 356 g/mol. The van der Waals surface area contributed by atoms with Gasteiger partial charge in [-0.25, -0.2) is 4.98 Å². The van der Waals surface area contributed by atoms with E-state index in [1.54, 1.807) is 32.7 Å². The Kier molecular flexibility index (Phi) is 5.40. The van der Waals surface area contributed by atoms with Crippen LogP contribution in [0.25, 0.3) is 11.3 Å². The summed E-state index contributed by atoms with van der Waals surface area (Å²) in [7, 11) is 4.97. The second-order valence-electron chi connectivity index (χ2n) is 5.31. The number of aromatic nitrogens is 1. The van der Waals surface area contributed by atoms with E-state index in [-0.39, 0.29) is 0 Å². The van der Waals surface area contributed by atoms with Crippen molar-refractivity contribution >= 4 is 16.5 Å². The van der Waals surface area contributed by atoms with Crippen LogP contribution >= 0.6 is 11.3 Å². The molecule has 0 saturated heterocycles. The highest BCUT2D eigenvalue weighted by molar-refractivity contribution is 7.14. The first kappa shape index (κ1) is 17.1. The summed E-state index contributed by atoms with van der Waals surface area (Å²) >= 11 is 1.56. The molecule has 0 aliphatic carbocycles. The predicted molar refractivity (Wildman–Crippen MR) is 101 cm³/mol. The molecule has 0 saturated carbocycles. The van der Waals surface area contributed by atoms with Crippen molar-refractivity contribution in [2.75, 3.05) is 26.6 Å². The van der Waals surface area contributed by atoms with E-state index in [1.165, 1.54) is 0 Å². The summed E-state index contributed by atoms with van der Waals surface area (Å²) < 4.78 is 16.0. The van der Waals surface area contributed by atoms with Crippen LogP contribution in [-0.4, -0.2) is 26.3 Å². The summed E-state index contributed by atoms with van der Waals surface area (Å²) in [6.07, 6.45) is 0. The van der Waals surface area contributed by atoms with Gasteiger partial charge in [-0.2, -0.15) is 0 Å². The van der Waals surface area contributed by atoms with Crippen LogP contribution in [0.4, 0.5) is 5.13 Å². The van der Waals surface area contributed by atoms with Crippen molar-refractivity contribution in [2.24, 2.45) is 0 Å². The highest BCUT2D eigenvalue weighted by Gasteiger charge is 2.11. The maximum atomic E-state index is 5.44. The molecular weight excluding hydrogens is 336 g/mol. The van der Waals surface area contributed by atoms with Gasteiger partial charge in [0.25, 0.3) is 0 Å². The van der Waals surface area contributed by atoms with E-state index in [0.29, 0.717) is 6.54 Å². The van der Waals surface area contributed by atoms with Crippen molar-refractivity contribution in [3.05, 3.63) is 53.4 Å². The molecule has 1 aromatic heterocycles. The Balaban J connectivity index is 1.76. The van der Waals surface area contributed by atoms with Gasteiger partial charge in [0.15, 0.2) is 5.13 Å². The number of hydrogen-bond acceptors (Lipinski definition) is 6. The molecule has 25 heavy (non-hydrogen) atoms. The van der Waals surface area contributed by atoms with Crippen molar-refractivity contribution in [1.82, 2.24) is 4.98 Å². The Morgan fingerprint density at radius 1 is 0.960 bits per heavy atom. The van der Waals surface area contributed by atoms with Crippen molar-refractivity contribution < 1.29 is 14.2 Å². The minimum Gasteiger partial charge on any atom is -0.497 e. The first-order chi connectivity index (χ1) is 12.2. The summed E-state index contributed by atoms with van der Waals surface area (Å²) in [4.78, 5) is 4.66. The van der Waals surface area contributed by atoms with E-state index < -0.39 is 0 Å². The van der Waals surface area contributed by atoms with Crippen LogP contribution in [-0.2, 0) is 6.54 Å². The number of rotatable bonds is 7. The summed E-state index contributed by atoms with van der Waals surface area (Å²) in [5.74, 6) is 2.39. The van der Waals surface area contributed by atoms with Gasteiger partial charge in [0, 0.05) is 17.5 Å². The van der Waals surface area contributed by atoms with Gasteiger partial charge in [0.2, 0.25) is 0 Å². The number of methoxy groups -OCH3 is 3. The van der Waals surface area contributed by atoms with Gasteiger partial charge >= 0.3 is 0 Å². The zero-order valence-electron chi connectivity index (χ0n) is 14.4. The molecule has 130 valence electrons. The fraction of sp³-hybridized carbons (Fsp3) is 0.211. The predicted octanol–water partition coefficient (Wildman–Crippen LogP) is 4.45. The fourth-order valence-electron chi connectivity index (χ4n) is 2.45. The van der Waals surface area contributed by atoms with Crippen LogP contribution in [0.15, 0.2) is 47.8 Å². The van der Waals surface area contributed by atoms with E-state index in [0.717, 1.165) is 39.2 Å². The highest BCUT2D eigenvalue weighted by Crippen LogP contribution is 2.35. The molecule has 3 aromatic rings. The second kappa shape index (κ2) is 7.90. The van der Waals surface area contributed by atoms with Crippen LogP contribution in [0, 0.1) is 0 Å². The van der Waals surface area contributed by atoms with Gasteiger partial charge in [-0.3, -0.25) is 0 Å². The number of nitrogens with zero attached hydrogens (tertiary/aromatic N) is 1. The Bertz CT molecular complexity index is 848. The normalized spacial score (nSPS) is 10.4. The van der Waals surface area contributed by atoms with Gasteiger partial charge in [-0.1, -0.05) is 12.1 Å². The molecular formula is C19H20N2O3S. The largest absolute Gasteiger partial charge is 0.497 e. The number of hydrogen-bond donors (Lipinski definition) is 1. The van der Waals surface area contributed by atoms with E-state index >= 15 is 0 Å². The number of benzene rings is 2. The van der Waals surface area contributed by atoms with E-state index in [1.807, 2.05) is 41.8 Å². The lowest BCUT2D eigenvalue weighted by molar-refractivity contribution is 0.404. The molecule has 1 N–H and O–H groups in total. The molecule has 0 aliphatic heterocycles. The summed E-state index contributed by atoms with van der Waals surface area (Å²) in [6, 6.07) is 13.7. The standard InChI is InChI=1S/C19H20N2O3S/c1-22-14-6-4-5-13(9-14)11-20-19-21-17(12-25-19)16-10-15(23-2)7-8-18(16)24-3/h4-10,12H,11H2,1-3H3,(H,20,21). The van der Waals surface area contributed by atoms with E-state index in [2.05, 4.69) is 16.4 Å². The maximum Gasteiger partial charge on any atom is 0.183 e. The summed E-state index contributed by atoms with van der Waals surface area (Å²) in [5.41, 5.74) is 2.90. The molecule has 0 aliphatic rings. The zero-order valence-corrected chi connectivity index (χ0v) is 15.2. The zero-order chi connectivity index (χ0) is 17.6. The first-order valence-electron chi connectivity index (χ1n) is 7.78. The van der Waals surface area contributed by atoms with E-state index in [4.69, 9.17) is 14.2 Å². The van der Waals surface area contributed by atoms with Gasteiger partial charge in [0.1, 0.15) is 17.2 Å². The average molecular weight is 356 g/mol. The van der Waals surface area contributed by atoms with Gasteiger partial charge < -0.3 is 19.5 Å². The van der Waals surface area contributed by atoms with Crippen LogP contribution in [0.5, 0.6) is 17.2 Å². The first-order valence-corrected chi connectivity index (χ1v) is 8.66. The number of thiazole rings is 1. The Labute approximate surface area is 151 Å². The van der Waals surface area contributed by atoms with Gasteiger partial charge in [-0.05, 0) is 35.9 Å². The third-order valence-electron chi connectivity index (χ3n) is 3.76. The molecule has 0 bridgehead atoms. The lowest BCUT2D eigenvalue weighted by atomic mass is 10.1. The van der Waals surface area contributed by atoms with Gasteiger partial charge in [0.05, 0.1) is 27.0 Å². The fourth-order valence-corrected chi connectivity index (χ4v) is 3.16. The molecule has 0 radical (unpaired) electrons. The third kappa shape index (κ3) is 4.03. The minimum atomic E-state index is 0.680. The molecule has 3 rings (SSSR count). The quantitative estimate of drug-likeness (QED) is 0.678. The van der Waals surface area contributed by atoms with Crippen LogP contribution < -0.4 is 19.5 Å². The van der Waals surface area contributed by atoms with Crippen LogP contribution in [0.1, 0.15) is 5.56 Å². The van der Waals surface area contributed by atoms with Crippen LogP contribution in [0.2, 0.25) is 0 Å². The molecule has 0 spiro atoms. The molecule has 5 nitrogen and oxygen atoms in total. The van der Waals surface area contributed by atoms with Crippen molar-refractivity contribution in [2.45, 2.75) is 6.54 Å². The molecule has 1 heterocycles. The molecule has 0 atom stereocenters.